The summed E-state index contributed by atoms with van der Waals surface area (Å²) >= 11 is 0. The fourth-order valence-corrected chi connectivity index (χ4v) is 7.78. The number of pyridine rings is 1. The summed E-state index contributed by atoms with van der Waals surface area (Å²) in [5, 5.41) is 9.05. The first-order chi connectivity index (χ1) is 21.6. The van der Waals surface area contributed by atoms with Crippen LogP contribution < -0.4 is 16.0 Å². The molecule has 45 heavy (non-hydrogen) atoms. The molecule has 236 valence electrons. The smallest absolute Gasteiger partial charge is 0.244 e. The lowest BCUT2D eigenvalue weighted by atomic mass is 9.79. The SMILES string of the molecule is CNCc1ccccc1CN(CC(=O)Nc1ccc2c(c1)CC1(C2)C(=O)Nc2ncccc21)C(=O)C1CCN(S(C)(=O)=O)CC1. The van der Waals surface area contributed by atoms with Gasteiger partial charge in [-0.25, -0.2) is 17.7 Å². The van der Waals surface area contributed by atoms with Crippen molar-refractivity contribution >= 4 is 39.3 Å². The van der Waals surface area contributed by atoms with Gasteiger partial charge in [0.2, 0.25) is 27.7 Å². The normalized spacial score (nSPS) is 19.6. The minimum Gasteiger partial charge on any atom is -0.329 e. The lowest BCUT2D eigenvalue weighted by Crippen LogP contribution is -2.46. The Kier molecular flexibility index (Phi) is 8.47. The molecule has 1 aliphatic carbocycles. The van der Waals surface area contributed by atoms with E-state index in [0.29, 0.717) is 43.7 Å². The molecule has 3 heterocycles. The Morgan fingerprint density at radius 3 is 2.51 bits per heavy atom. The van der Waals surface area contributed by atoms with Gasteiger partial charge in [0, 0.05) is 49.5 Å². The number of hydrogen-bond acceptors (Lipinski definition) is 7. The molecular weight excluding hydrogens is 592 g/mol. The molecule has 11 nitrogen and oxygen atoms in total. The molecule has 0 bridgehead atoms. The van der Waals surface area contributed by atoms with E-state index in [-0.39, 0.29) is 49.8 Å². The number of nitrogens with one attached hydrogen (secondary N) is 3. The van der Waals surface area contributed by atoms with E-state index in [4.69, 9.17) is 0 Å². The molecule has 0 radical (unpaired) electrons. The number of carbonyl (C=O) groups is 3. The molecule has 1 unspecified atom stereocenters. The molecule has 12 heteroatoms. The van der Waals surface area contributed by atoms with Gasteiger partial charge in [0.15, 0.2) is 0 Å². The number of anilines is 2. The number of amides is 3. The second-order valence-corrected chi connectivity index (χ2v) is 14.2. The number of rotatable bonds is 9. The Bertz CT molecular complexity index is 1750. The van der Waals surface area contributed by atoms with E-state index in [2.05, 4.69) is 20.9 Å². The van der Waals surface area contributed by atoms with Gasteiger partial charge >= 0.3 is 0 Å². The molecule has 0 saturated carbocycles. The second kappa shape index (κ2) is 12.3. The van der Waals surface area contributed by atoms with E-state index in [9.17, 15) is 22.8 Å². The molecule has 1 saturated heterocycles. The number of fused-ring (bicyclic) bond motifs is 3. The molecule has 3 aliphatic rings. The molecule has 2 aliphatic heterocycles. The van der Waals surface area contributed by atoms with Gasteiger partial charge in [-0.3, -0.25) is 14.4 Å². The van der Waals surface area contributed by atoms with E-state index < -0.39 is 15.4 Å². The fourth-order valence-electron chi connectivity index (χ4n) is 6.90. The highest BCUT2D eigenvalue weighted by molar-refractivity contribution is 7.88. The van der Waals surface area contributed by atoms with Crippen LogP contribution in [-0.4, -0.2) is 73.3 Å². The lowest BCUT2D eigenvalue weighted by molar-refractivity contribution is -0.140. The maximum absolute atomic E-state index is 13.9. The number of benzene rings is 2. The molecule has 3 amide bonds. The first-order valence-electron chi connectivity index (χ1n) is 15.2. The maximum Gasteiger partial charge on any atom is 0.244 e. The van der Waals surface area contributed by atoms with Gasteiger partial charge in [0.1, 0.15) is 12.4 Å². The van der Waals surface area contributed by atoms with Crippen LogP contribution in [0, 0.1) is 5.92 Å². The van der Waals surface area contributed by atoms with Crippen LogP contribution >= 0.6 is 0 Å². The zero-order valence-corrected chi connectivity index (χ0v) is 26.3. The monoisotopic (exact) mass is 630 g/mol. The van der Waals surface area contributed by atoms with Crippen LogP contribution in [0.4, 0.5) is 11.5 Å². The van der Waals surface area contributed by atoms with Crippen LogP contribution in [-0.2, 0) is 55.8 Å². The summed E-state index contributed by atoms with van der Waals surface area (Å²) in [5.41, 5.74) is 4.81. The van der Waals surface area contributed by atoms with Crippen molar-refractivity contribution < 1.29 is 22.8 Å². The van der Waals surface area contributed by atoms with Crippen molar-refractivity contribution in [3.8, 4) is 0 Å². The molecule has 1 atom stereocenters. The predicted molar refractivity (Wildman–Crippen MR) is 171 cm³/mol. The molecule has 1 fully saturated rings. The van der Waals surface area contributed by atoms with Crippen LogP contribution in [0.25, 0.3) is 0 Å². The van der Waals surface area contributed by atoms with Crippen LogP contribution in [0.5, 0.6) is 0 Å². The van der Waals surface area contributed by atoms with Gasteiger partial charge in [-0.05, 0) is 73.2 Å². The van der Waals surface area contributed by atoms with Gasteiger partial charge < -0.3 is 20.9 Å². The quantitative estimate of drug-likeness (QED) is 0.330. The highest BCUT2D eigenvalue weighted by Crippen LogP contribution is 2.47. The first-order valence-corrected chi connectivity index (χ1v) is 17.1. The van der Waals surface area contributed by atoms with Gasteiger partial charge in [-0.1, -0.05) is 36.4 Å². The van der Waals surface area contributed by atoms with Crippen LogP contribution in [0.3, 0.4) is 0 Å². The second-order valence-electron chi connectivity index (χ2n) is 12.3. The average Bonchev–Trinajstić information content (AvgIpc) is 3.53. The van der Waals surface area contributed by atoms with E-state index in [0.717, 1.165) is 27.8 Å². The van der Waals surface area contributed by atoms with Crippen molar-refractivity contribution in [1.82, 2.24) is 19.5 Å². The summed E-state index contributed by atoms with van der Waals surface area (Å²) in [5.74, 6) is -0.324. The highest BCUT2D eigenvalue weighted by atomic mass is 32.2. The number of aromatic nitrogens is 1. The Morgan fingerprint density at radius 2 is 1.78 bits per heavy atom. The van der Waals surface area contributed by atoms with E-state index in [1.165, 1.54) is 10.6 Å². The summed E-state index contributed by atoms with van der Waals surface area (Å²) < 4.78 is 25.4. The molecule has 6 rings (SSSR count). The Balaban J connectivity index is 1.18. The van der Waals surface area contributed by atoms with Crippen molar-refractivity contribution in [3.05, 3.63) is 88.6 Å². The zero-order chi connectivity index (χ0) is 31.8. The van der Waals surface area contributed by atoms with Crippen molar-refractivity contribution in [2.24, 2.45) is 5.92 Å². The number of piperidine rings is 1. The van der Waals surface area contributed by atoms with Gasteiger partial charge in [-0.2, -0.15) is 0 Å². The minimum atomic E-state index is -3.33. The highest BCUT2D eigenvalue weighted by Gasteiger charge is 2.51. The van der Waals surface area contributed by atoms with Crippen molar-refractivity contribution in [2.75, 3.05) is 43.6 Å². The van der Waals surface area contributed by atoms with Crippen LogP contribution in [0.1, 0.15) is 40.7 Å². The van der Waals surface area contributed by atoms with Gasteiger partial charge in [0.25, 0.3) is 0 Å². The van der Waals surface area contributed by atoms with E-state index in [1.807, 2.05) is 61.6 Å². The molecule has 3 N–H and O–H groups in total. The topological polar surface area (TPSA) is 141 Å². The first kappa shape index (κ1) is 30.9. The third-order valence-corrected chi connectivity index (χ3v) is 10.5. The standard InChI is InChI=1S/C33H38N6O5S/c1-34-19-24-6-3-4-7-25(24)20-38(31(41)22-11-14-39(15-12-22)45(2,43)44)21-29(40)36-27-10-9-23-17-33(18-26(23)16-27)28-8-5-13-35-30(28)37-32(33)42/h3-10,13,16,22,34H,11-12,14-15,17-21H2,1-2H3,(H,36,40)(H,35,37,42). The summed E-state index contributed by atoms with van der Waals surface area (Å²) in [7, 11) is -1.47. The summed E-state index contributed by atoms with van der Waals surface area (Å²) in [6, 6.07) is 17.3. The van der Waals surface area contributed by atoms with Crippen LogP contribution in [0.15, 0.2) is 60.8 Å². The van der Waals surface area contributed by atoms with E-state index in [1.54, 1.807) is 11.1 Å². The van der Waals surface area contributed by atoms with Crippen molar-refractivity contribution in [3.63, 3.8) is 0 Å². The zero-order valence-electron chi connectivity index (χ0n) is 25.5. The summed E-state index contributed by atoms with van der Waals surface area (Å²) in [6.45, 7) is 1.28. The third kappa shape index (κ3) is 6.22. The summed E-state index contributed by atoms with van der Waals surface area (Å²) in [6.07, 6.45) is 4.73. The largest absolute Gasteiger partial charge is 0.329 e. The molecular formula is C33H38N6O5S. The third-order valence-electron chi connectivity index (χ3n) is 9.23. The maximum atomic E-state index is 13.9. The van der Waals surface area contributed by atoms with Crippen LogP contribution in [0.2, 0.25) is 0 Å². The Labute approximate surface area is 263 Å². The molecule has 2 aromatic carbocycles. The number of hydrogen-bond donors (Lipinski definition) is 3. The van der Waals surface area contributed by atoms with Crippen molar-refractivity contribution in [1.29, 1.82) is 0 Å². The summed E-state index contributed by atoms with van der Waals surface area (Å²) in [4.78, 5) is 46.3. The molecule has 1 spiro atoms. The number of carbonyl (C=O) groups excluding carboxylic acids is 3. The Hall–Kier alpha value is -4.13. The van der Waals surface area contributed by atoms with Gasteiger partial charge in [0.05, 0.1) is 11.7 Å². The number of nitrogens with zero attached hydrogens (tertiary/aromatic N) is 3. The minimum absolute atomic E-state index is 0.0620. The lowest BCUT2D eigenvalue weighted by Gasteiger charge is -2.33. The number of sulfonamides is 1. The molecule has 3 aromatic rings. The fraction of sp³-hybridized carbons (Fsp3) is 0.394. The average molecular weight is 631 g/mol. The Morgan fingerprint density at radius 1 is 1.04 bits per heavy atom. The molecule has 1 aromatic heterocycles. The van der Waals surface area contributed by atoms with Crippen molar-refractivity contribution in [2.45, 2.75) is 44.2 Å². The van der Waals surface area contributed by atoms with E-state index >= 15 is 0 Å². The van der Waals surface area contributed by atoms with Gasteiger partial charge in [-0.15, -0.1) is 0 Å². The predicted octanol–water partition coefficient (Wildman–Crippen LogP) is 2.43.